The van der Waals surface area contributed by atoms with Crippen LogP contribution in [0.4, 0.5) is 0 Å². The van der Waals surface area contributed by atoms with Crippen molar-refractivity contribution in [3.8, 4) is 0 Å². The highest BCUT2D eigenvalue weighted by Crippen LogP contribution is 2.30. The van der Waals surface area contributed by atoms with E-state index in [0.717, 1.165) is 13.8 Å². The van der Waals surface area contributed by atoms with Crippen molar-refractivity contribution in [1.82, 2.24) is 4.90 Å². The molecule has 0 aromatic carbocycles. The quantitative estimate of drug-likeness (QED) is 0.221. The first-order valence-corrected chi connectivity index (χ1v) is 9.01. The van der Waals surface area contributed by atoms with E-state index in [4.69, 9.17) is 19.9 Å². The van der Waals surface area contributed by atoms with Crippen LogP contribution in [0.3, 0.4) is 0 Å². The highest BCUT2D eigenvalue weighted by molar-refractivity contribution is 5.93. The summed E-state index contributed by atoms with van der Waals surface area (Å²) in [7, 11) is 0. The SMILES string of the molecule is CC(=O)N(C(C)=O)[C@H]1C(O)O[C@H](CO)[C@@H](O[C@@H]2O[C@H](CO)[C@H](O)[C@H](O)[C@H]2N)[C@@H]1O. The summed E-state index contributed by atoms with van der Waals surface area (Å²) < 4.78 is 16.1. The van der Waals surface area contributed by atoms with Crippen LogP contribution in [0.2, 0.25) is 0 Å². The van der Waals surface area contributed by atoms with Crippen molar-refractivity contribution >= 4 is 11.8 Å². The Balaban J connectivity index is 2.28. The lowest BCUT2D eigenvalue weighted by Gasteiger charge is -2.48. The minimum Gasteiger partial charge on any atom is -0.394 e. The smallest absolute Gasteiger partial charge is 0.226 e. The number of ether oxygens (including phenoxy) is 3. The van der Waals surface area contributed by atoms with E-state index in [1.54, 1.807) is 0 Å². The molecule has 0 aromatic rings. The zero-order valence-corrected chi connectivity index (χ0v) is 15.9. The van der Waals surface area contributed by atoms with Gasteiger partial charge in [-0.15, -0.1) is 0 Å². The fourth-order valence-corrected chi connectivity index (χ4v) is 3.54. The van der Waals surface area contributed by atoms with Crippen LogP contribution < -0.4 is 5.73 Å². The minimum atomic E-state index is -1.81. The van der Waals surface area contributed by atoms with Gasteiger partial charge in [-0.25, -0.2) is 0 Å². The Bertz CT molecular complexity index is 577. The lowest BCUT2D eigenvalue weighted by Crippen LogP contribution is -2.69. The topological polar surface area (TPSA) is 212 Å². The van der Waals surface area contributed by atoms with Crippen molar-refractivity contribution in [2.45, 2.75) is 75.1 Å². The molecule has 2 fully saturated rings. The van der Waals surface area contributed by atoms with Crippen molar-refractivity contribution in [3.63, 3.8) is 0 Å². The van der Waals surface area contributed by atoms with E-state index in [2.05, 4.69) is 0 Å². The minimum absolute atomic E-state index is 0.593. The molecule has 0 aromatic heterocycles. The van der Waals surface area contributed by atoms with Gasteiger partial charge in [0.15, 0.2) is 12.6 Å². The predicted octanol–water partition coefficient (Wildman–Crippen LogP) is -5.03. The highest BCUT2D eigenvalue weighted by Gasteiger charge is 2.52. The van der Waals surface area contributed by atoms with Crippen molar-refractivity contribution in [2.75, 3.05) is 13.2 Å². The summed E-state index contributed by atoms with van der Waals surface area (Å²) >= 11 is 0. The van der Waals surface area contributed by atoms with Gasteiger partial charge in [0.2, 0.25) is 11.8 Å². The summed E-state index contributed by atoms with van der Waals surface area (Å²) in [4.78, 5) is 24.3. The van der Waals surface area contributed by atoms with Gasteiger partial charge in [-0.05, 0) is 0 Å². The van der Waals surface area contributed by atoms with E-state index in [0.29, 0.717) is 4.90 Å². The number of nitrogens with two attached hydrogens (primary N) is 1. The molecule has 2 heterocycles. The molecule has 0 radical (unpaired) electrons. The Labute approximate surface area is 166 Å². The van der Waals surface area contributed by atoms with Crippen LogP contribution in [-0.4, -0.2) is 122 Å². The Kier molecular flexibility index (Phi) is 8.03. The molecular weight excluding hydrogens is 396 g/mol. The van der Waals surface area contributed by atoms with Crippen LogP contribution in [0.25, 0.3) is 0 Å². The standard InChI is InChI=1S/C16H28N2O11/c1-5(21)18(6(2)22)10-13(25)14(8(4-20)27-15(10)26)29-16-9(17)12(24)11(23)7(3-19)28-16/h7-16,19-20,23-26H,3-4,17H2,1-2H3/t7-,8-,9-,10-,11+,12-,13-,14-,15?,16+/m1/s1. The van der Waals surface area contributed by atoms with Crippen molar-refractivity contribution in [1.29, 1.82) is 0 Å². The average Bonchev–Trinajstić information content (AvgIpc) is 2.66. The van der Waals surface area contributed by atoms with Crippen molar-refractivity contribution in [3.05, 3.63) is 0 Å². The number of imide groups is 1. The molecule has 2 saturated heterocycles. The first-order chi connectivity index (χ1) is 13.5. The molecule has 0 saturated carbocycles. The fourth-order valence-electron chi connectivity index (χ4n) is 3.54. The maximum atomic E-state index is 11.8. The number of amides is 2. The molecule has 1 unspecified atom stereocenters. The average molecular weight is 424 g/mol. The molecule has 13 nitrogen and oxygen atoms in total. The van der Waals surface area contributed by atoms with Gasteiger partial charge < -0.3 is 50.6 Å². The summed E-state index contributed by atoms with van der Waals surface area (Å²) in [6, 6.07) is -2.86. The maximum absolute atomic E-state index is 11.8. The van der Waals surface area contributed by atoms with Gasteiger partial charge >= 0.3 is 0 Å². The second-order valence-electron chi connectivity index (χ2n) is 7.02. The third-order valence-corrected chi connectivity index (χ3v) is 5.04. The van der Waals surface area contributed by atoms with Crippen LogP contribution in [0.15, 0.2) is 0 Å². The third kappa shape index (κ3) is 4.74. The summed E-state index contributed by atoms with van der Waals surface area (Å²) in [6.45, 7) is 0.723. The van der Waals surface area contributed by atoms with E-state index in [-0.39, 0.29) is 0 Å². The summed E-state index contributed by atoms with van der Waals surface area (Å²) in [5.74, 6) is -1.54. The van der Waals surface area contributed by atoms with Gasteiger partial charge in [-0.2, -0.15) is 0 Å². The zero-order chi connectivity index (χ0) is 22.0. The second kappa shape index (κ2) is 9.70. The molecule has 2 rings (SSSR count). The molecule has 10 atom stereocenters. The van der Waals surface area contributed by atoms with Gasteiger partial charge in [-0.1, -0.05) is 0 Å². The van der Waals surface area contributed by atoms with Crippen LogP contribution in [0, 0.1) is 0 Å². The Morgan fingerprint density at radius 1 is 0.931 bits per heavy atom. The largest absolute Gasteiger partial charge is 0.394 e. The maximum Gasteiger partial charge on any atom is 0.226 e. The molecule has 2 aliphatic heterocycles. The van der Waals surface area contributed by atoms with Gasteiger partial charge in [0.25, 0.3) is 0 Å². The molecule has 168 valence electrons. The molecule has 29 heavy (non-hydrogen) atoms. The number of hydrogen-bond acceptors (Lipinski definition) is 12. The highest BCUT2D eigenvalue weighted by atomic mass is 16.7. The lowest BCUT2D eigenvalue weighted by molar-refractivity contribution is -0.330. The third-order valence-electron chi connectivity index (χ3n) is 5.04. The first kappa shape index (κ1) is 24.0. The first-order valence-electron chi connectivity index (χ1n) is 9.01. The number of nitrogens with zero attached hydrogens (tertiary/aromatic N) is 1. The summed E-state index contributed by atoms with van der Waals surface area (Å²) in [6.07, 6.45) is -12.0. The summed E-state index contributed by atoms with van der Waals surface area (Å²) in [5, 5.41) is 59.7. The van der Waals surface area contributed by atoms with E-state index >= 15 is 0 Å². The van der Waals surface area contributed by atoms with Crippen LogP contribution in [0.1, 0.15) is 13.8 Å². The number of carbonyl (C=O) groups excluding carboxylic acids is 2. The Morgan fingerprint density at radius 3 is 1.97 bits per heavy atom. The van der Waals surface area contributed by atoms with E-state index in [9.17, 15) is 40.2 Å². The van der Waals surface area contributed by atoms with Gasteiger partial charge in [0, 0.05) is 13.8 Å². The van der Waals surface area contributed by atoms with Crippen LogP contribution in [-0.2, 0) is 23.8 Å². The number of aliphatic hydroxyl groups excluding tert-OH is 6. The van der Waals surface area contributed by atoms with E-state index in [1.807, 2.05) is 0 Å². The number of hydrogen-bond donors (Lipinski definition) is 7. The lowest BCUT2D eigenvalue weighted by atomic mass is 9.94. The number of aliphatic hydroxyl groups is 6. The van der Waals surface area contributed by atoms with Crippen molar-refractivity contribution in [2.24, 2.45) is 5.73 Å². The monoisotopic (exact) mass is 424 g/mol. The molecule has 2 amide bonds. The molecular formula is C16H28N2O11. The number of carbonyl (C=O) groups is 2. The molecule has 0 bridgehead atoms. The van der Waals surface area contributed by atoms with E-state index < -0.39 is 86.3 Å². The molecule has 2 aliphatic rings. The zero-order valence-electron chi connectivity index (χ0n) is 15.9. The van der Waals surface area contributed by atoms with E-state index in [1.165, 1.54) is 0 Å². The number of rotatable bonds is 5. The molecule has 0 aliphatic carbocycles. The van der Waals surface area contributed by atoms with Crippen molar-refractivity contribution < 1.29 is 54.4 Å². The molecule has 0 spiro atoms. The van der Waals surface area contributed by atoms with Gasteiger partial charge in [0.1, 0.15) is 42.7 Å². The van der Waals surface area contributed by atoms with Gasteiger partial charge in [-0.3, -0.25) is 14.5 Å². The van der Waals surface area contributed by atoms with Crippen LogP contribution in [0.5, 0.6) is 0 Å². The normalized spacial score (nSPS) is 43.1. The molecule has 8 N–H and O–H groups in total. The summed E-state index contributed by atoms with van der Waals surface area (Å²) in [5.41, 5.74) is 5.80. The second-order valence-corrected chi connectivity index (χ2v) is 7.02. The van der Waals surface area contributed by atoms with Crippen LogP contribution >= 0.6 is 0 Å². The fraction of sp³-hybridized carbons (Fsp3) is 0.875. The Morgan fingerprint density at radius 2 is 1.48 bits per heavy atom. The predicted molar refractivity (Wildman–Crippen MR) is 91.6 cm³/mol. The molecule has 13 heteroatoms. The van der Waals surface area contributed by atoms with Gasteiger partial charge in [0.05, 0.1) is 19.3 Å². The Hall–Kier alpha value is -1.26.